The van der Waals surface area contributed by atoms with Crippen LogP contribution in [0.5, 0.6) is 5.75 Å². The number of nitrogens with zero attached hydrogens (tertiary/aromatic N) is 2. The molecule has 1 atom stereocenters. The van der Waals surface area contributed by atoms with Crippen molar-refractivity contribution in [2.75, 3.05) is 26.4 Å². The van der Waals surface area contributed by atoms with E-state index in [9.17, 15) is 4.79 Å². The molecule has 5 nitrogen and oxygen atoms in total. The van der Waals surface area contributed by atoms with Gasteiger partial charge in [-0.05, 0) is 43.5 Å². The van der Waals surface area contributed by atoms with Crippen molar-refractivity contribution in [3.8, 4) is 5.75 Å². The van der Waals surface area contributed by atoms with Gasteiger partial charge in [0.05, 0.1) is 22.9 Å². The van der Waals surface area contributed by atoms with Gasteiger partial charge in [0.2, 0.25) is 5.91 Å². The Morgan fingerprint density at radius 2 is 1.89 bits per heavy atom. The number of aromatic nitrogens is 1. The van der Waals surface area contributed by atoms with Gasteiger partial charge in [-0.3, -0.25) is 4.79 Å². The van der Waals surface area contributed by atoms with Crippen molar-refractivity contribution in [3.05, 3.63) is 59.6 Å². The van der Waals surface area contributed by atoms with Gasteiger partial charge in [0, 0.05) is 6.54 Å². The van der Waals surface area contributed by atoms with E-state index in [1.807, 2.05) is 53.4 Å². The lowest BCUT2D eigenvalue weighted by Gasteiger charge is -2.34. The Bertz CT molecular complexity index is 879. The van der Waals surface area contributed by atoms with Crippen LogP contribution >= 0.6 is 11.3 Å². The lowest BCUT2D eigenvalue weighted by atomic mass is 10.0. The number of carbonyl (C=O) groups is 1. The summed E-state index contributed by atoms with van der Waals surface area (Å²) in [6.07, 6.45) is 3.11. The van der Waals surface area contributed by atoms with Crippen molar-refractivity contribution < 1.29 is 14.3 Å². The number of likely N-dealkylation sites (tertiary alicyclic amines) is 1. The third-order valence-electron chi connectivity index (χ3n) is 4.88. The summed E-state index contributed by atoms with van der Waals surface area (Å²) in [6, 6.07) is 17.8. The molecule has 0 aliphatic carbocycles. The molecule has 0 saturated carbocycles. The van der Waals surface area contributed by atoms with E-state index in [4.69, 9.17) is 14.5 Å². The van der Waals surface area contributed by atoms with Crippen molar-refractivity contribution in [1.82, 2.24) is 9.88 Å². The van der Waals surface area contributed by atoms with E-state index in [0.29, 0.717) is 13.2 Å². The number of fused-ring (bicyclic) bond motifs is 1. The molecule has 6 heteroatoms. The minimum atomic E-state index is 0.0312. The predicted molar refractivity (Wildman–Crippen MR) is 111 cm³/mol. The molecule has 1 aromatic heterocycles. The number of thiazole rings is 1. The van der Waals surface area contributed by atoms with E-state index < -0.39 is 0 Å². The third-order valence-corrected chi connectivity index (χ3v) is 6.02. The van der Waals surface area contributed by atoms with Crippen LogP contribution in [-0.2, 0) is 9.53 Å². The number of rotatable bonds is 7. The molecule has 2 heterocycles. The lowest BCUT2D eigenvalue weighted by molar-refractivity contribution is -0.140. The van der Waals surface area contributed by atoms with Crippen LogP contribution in [-0.4, -0.2) is 42.2 Å². The van der Waals surface area contributed by atoms with Crippen LogP contribution in [0.15, 0.2) is 54.6 Å². The lowest BCUT2D eigenvalue weighted by Crippen LogP contribution is -2.40. The molecular formula is C22H24N2O3S. The number of hydrogen-bond donors (Lipinski definition) is 0. The summed E-state index contributed by atoms with van der Waals surface area (Å²) in [4.78, 5) is 19.5. The molecule has 1 aliphatic heterocycles. The number of para-hydroxylation sites is 2. The minimum absolute atomic E-state index is 0.0312. The summed E-state index contributed by atoms with van der Waals surface area (Å²) in [7, 11) is 0. The average molecular weight is 397 g/mol. The molecule has 0 bridgehead atoms. The number of benzene rings is 2. The Hall–Kier alpha value is -2.44. The van der Waals surface area contributed by atoms with Crippen LogP contribution in [0.4, 0.5) is 0 Å². The number of amides is 1. The van der Waals surface area contributed by atoms with E-state index in [1.165, 1.54) is 4.70 Å². The fraction of sp³-hybridized carbons (Fsp3) is 0.364. The monoisotopic (exact) mass is 396 g/mol. The molecule has 0 spiro atoms. The quantitative estimate of drug-likeness (QED) is 0.554. The molecule has 1 fully saturated rings. The van der Waals surface area contributed by atoms with Crippen LogP contribution in [0.3, 0.4) is 0 Å². The first kappa shape index (κ1) is 18.9. The maximum absolute atomic E-state index is 12.8. The largest absolute Gasteiger partial charge is 0.491 e. The Morgan fingerprint density at radius 3 is 2.75 bits per heavy atom. The van der Waals surface area contributed by atoms with Gasteiger partial charge >= 0.3 is 0 Å². The highest BCUT2D eigenvalue weighted by Gasteiger charge is 2.30. The van der Waals surface area contributed by atoms with Crippen LogP contribution in [0, 0.1) is 0 Å². The SMILES string of the molecule is O=C(COCCOc1ccccc1)N1CCCCC1c1nc2ccccc2s1. The first-order valence-electron chi connectivity index (χ1n) is 9.72. The highest BCUT2D eigenvalue weighted by Crippen LogP contribution is 2.35. The molecule has 1 saturated heterocycles. The van der Waals surface area contributed by atoms with Gasteiger partial charge in [-0.25, -0.2) is 4.98 Å². The smallest absolute Gasteiger partial charge is 0.249 e. The Kier molecular flexibility index (Phi) is 6.19. The van der Waals surface area contributed by atoms with Gasteiger partial charge in [0.25, 0.3) is 0 Å². The van der Waals surface area contributed by atoms with Gasteiger partial charge < -0.3 is 14.4 Å². The van der Waals surface area contributed by atoms with Crippen LogP contribution in [0.2, 0.25) is 0 Å². The Balaban J connectivity index is 1.31. The maximum Gasteiger partial charge on any atom is 0.249 e. The molecule has 0 radical (unpaired) electrons. The van der Waals surface area contributed by atoms with Crippen LogP contribution in [0.1, 0.15) is 30.3 Å². The Labute approximate surface area is 168 Å². The summed E-state index contributed by atoms with van der Waals surface area (Å²) < 4.78 is 12.4. The third kappa shape index (κ3) is 4.51. The normalized spacial score (nSPS) is 17.0. The second-order valence-electron chi connectivity index (χ2n) is 6.83. The van der Waals surface area contributed by atoms with Gasteiger partial charge in [0.1, 0.15) is 24.0 Å². The first-order valence-corrected chi connectivity index (χ1v) is 10.5. The van der Waals surface area contributed by atoms with E-state index in [1.54, 1.807) is 11.3 Å². The second-order valence-corrected chi connectivity index (χ2v) is 7.89. The summed E-state index contributed by atoms with van der Waals surface area (Å²) >= 11 is 1.69. The van der Waals surface area contributed by atoms with Crippen LogP contribution in [0.25, 0.3) is 10.2 Å². The molecule has 4 rings (SSSR count). The Morgan fingerprint density at radius 1 is 1.07 bits per heavy atom. The van der Waals surface area contributed by atoms with Crippen molar-refractivity contribution in [1.29, 1.82) is 0 Å². The zero-order valence-electron chi connectivity index (χ0n) is 15.8. The molecule has 1 amide bonds. The van der Waals surface area contributed by atoms with Crippen molar-refractivity contribution in [2.45, 2.75) is 25.3 Å². The molecule has 1 unspecified atom stereocenters. The van der Waals surface area contributed by atoms with Gasteiger partial charge in [-0.15, -0.1) is 11.3 Å². The average Bonchev–Trinajstić information content (AvgIpc) is 3.18. The molecule has 28 heavy (non-hydrogen) atoms. The van der Waals surface area contributed by atoms with E-state index in [0.717, 1.165) is 42.1 Å². The standard InChI is InChI=1S/C22H24N2O3S/c25-21(16-26-14-15-27-17-8-2-1-3-9-17)24-13-7-6-11-19(24)22-23-18-10-4-5-12-20(18)28-22/h1-5,8-10,12,19H,6-7,11,13-16H2. The van der Waals surface area contributed by atoms with Gasteiger partial charge in [0.15, 0.2) is 0 Å². The van der Waals surface area contributed by atoms with Crippen LogP contribution < -0.4 is 4.74 Å². The predicted octanol–water partition coefficient (Wildman–Crippen LogP) is 4.45. The van der Waals surface area contributed by atoms with Gasteiger partial charge in [-0.2, -0.15) is 0 Å². The van der Waals surface area contributed by atoms with E-state index in [2.05, 4.69) is 6.07 Å². The van der Waals surface area contributed by atoms with Crippen molar-refractivity contribution >= 4 is 27.5 Å². The van der Waals surface area contributed by atoms with E-state index >= 15 is 0 Å². The first-order chi connectivity index (χ1) is 13.8. The van der Waals surface area contributed by atoms with Crippen molar-refractivity contribution in [3.63, 3.8) is 0 Å². The van der Waals surface area contributed by atoms with Gasteiger partial charge in [-0.1, -0.05) is 30.3 Å². The minimum Gasteiger partial charge on any atom is -0.491 e. The zero-order valence-corrected chi connectivity index (χ0v) is 16.6. The number of ether oxygens (including phenoxy) is 2. The van der Waals surface area contributed by atoms with Crippen molar-refractivity contribution in [2.24, 2.45) is 0 Å². The summed E-state index contributed by atoms with van der Waals surface area (Å²) in [5, 5.41) is 1.03. The fourth-order valence-corrected chi connectivity index (χ4v) is 4.61. The number of piperidine rings is 1. The molecule has 3 aromatic rings. The highest BCUT2D eigenvalue weighted by atomic mass is 32.1. The molecule has 1 aliphatic rings. The fourth-order valence-electron chi connectivity index (χ4n) is 3.50. The molecule has 2 aromatic carbocycles. The number of hydrogen-bond acceptors (Lipinski definition) is 5. The topological polar surface area (TPSA) is 51.7 Å². The summed E-state index contributed by atoms with van der Waals surface area (Å²) in [5.41, 5.74) is 1.01. The second kappa shape index (κ2) is 9.17. The summed E-state index contributed by atoms with van der Waals surface area (Å²) in [6.45, 7) is 1.67. The summed E-state index contributed by atoms with van der Waals surface area (Å²) in [5.74, 6) is 0.841. The maximum atomic E-state index is 12.8. The van der Waals surface area contributed by atoms with E-state index in [-0.39, 0.29) is 18.6 Å². The number of carbonyl (C=O) groups excluding carboxylic acids is 1. The highest BCUT2D eigenvalue weighted by molar-refractivity contribution is 7.18. The molecule has 146 valence electrons. The molecular weight excluding hydrogens is 372 g/mol. The molecule has 0 N–H and O–H groups in total. The zero-order chi connectivity index (χ0) is 19.2.